The van der Waals surface area contributed by atoms with E-state index in [1.54, 1.807) is 24.3 Å². The predicted octanol–water partition coefficient (Wildman–Crippen LogP) is 7.97. The molecule has 0 saturated carbocycles. The standard InChI is InChI=1S/C33H18ClF3N4O4S/c34-27-15-21(33(42)43)6-10-25(27)19-2-1-3-20(14-19)31-29(30-22(17-38)12-13-39-40-30)26-16-23(35)7-11-28(26)41(31)46(44,45)24-8-4-18(5-9-24)32(36)37/h1-16,32H,(H,42,43). The van der Waals surface area contributed by atoms with Gasteiger partial charge in [-0.15, -0.1) is 5.10 Å². The quantitative estimate of drug-likeness (QED) is 0.184. The Morgan fingerprint density at radius 1 is 0.957 bits per heavy atom. The van der Waals surface area contributed by atoms with Crippen LogP contribution in [0.25, 0.3) is 44.5 Å². The zero-order valence-electron chi connectivity index (χ0n) is 23.2. The zero-order chi connectivity index (χ0) is 32.7. The van der Waals surface area contributed by atoms with Gasteiger partial charge in [-0.25, -0.2) is 30.4 Å². The molecular weight excluding hydrogens is 641 g/mol. The number of carboxylic acids is 1. The van der Waals surface area contributed by atoms with Crippen molar-refractivity contribution in [2.75, 3.05) is 0 Å². The minimum Gasteiger partial charge on any atom is -0.478 e. The van der Waals surface area contributed by atoms with E-state index in [4.69, 9.17) is 11.6 Å². The maximum atomic E-state index is 14.8. The SMILES string of the molecule is N#Cc1ccnnc1-c1c(-c2cccc(-c3ccc(C(=O)O)cc3Cl)c2)n(S(=O)(=O)c2ccc(C(F)F)cc2)c2ccc(F)cc12. The molecule has 0 radical (unpaired) electrons. The number of aromatic nitrogens is 3. The fourth-order valence-corrected chi connectivity index (χ4v) is 7.04. The van der Waals surface area contributed by atoms with Crippen molar-refractivity contribution in [1.82, 2.24) is 14.2 Å². The Hall–Kier alpha value is -5.51. The summed E-state index contributed by atoms with van der Waals surface area (Å²) in [4.78, 5) is 11.1. The van der Waals surface area contributed by atoms with E-state index in [9.17, 15) is 36.8 Å². The third-order valence-corrected chi connectivity index (χ3v) is 9.34. The topological polar surface area (TPSA) is 126 Å². The van der Waals surface area contributed by atoms with E-state index in [1.165, 1.54) is 36.5 Å². The number of benzene rings is 4. The number of alkyl halides is 2. The molecule has 0 bridgehead atoms. The molecule has 4 aromatic carbocycles. The van der Waals surface area contributed by atoms with Crippen LogP contribution in [0.15, 0.2) is 102 Å². The summed E-state index contributed by atoms with van der Waals surface area (Å²) in [5, 5.41) is 27.5. The maximum Gasteiger partial charge on any atom is 0.335 e. The molecule has 0 aliphatic rings. The number of nitriles is 1. The molecule has 2 aromatic heterocycles. The second kappa shape index (κ2) is 11.8. The monoisotopic (exact) mass is 658 g/mol. The lowest BCUT2D eigenvalue weighted by molar-refractivity contribution is 0.0697. The molecule has 228 valence electrons. The van der Waals surface area contributed by atoms with Gasteiger partial charge in [0, 0.05) is 32.7 Å². The highest BCUT2D eigenvalue weighted by atomic mass is 35.5. The van der Waals surface area contributed by atoms with Crippen LogP contribution in [0.3, 0.4) is 0 Å². The van der Waals surface area contributed by atoms with Crippen molar-refractivity contribution in [1.29, 1.82) is 5.26 Å². The van der Waals surface area contributed by atoms with E-state index in [1.807, 2.05) is 6.07 Å². The van der Waals surface area contributed by atoms with E-state index in [-0.39, 0.29) is 60.0 Å². The number of halogens is 4. The lowest BCUT2D eigenvalue weighted by atomic mass is 9.96. The van der Waals surface area contributed by atoms with Gasteiger partial charge in [-0.1, -0.05) is 48.0 Å². The first kappa shape index (κ1) is 30.5. The molecule has 0 fully saturated rings. The van der Waals surface area contributed by atoms with Gasteiger partial charge in [-0.05, 0) is 60.2 Å². The van der Waals surface area contributed by atoms with Crippen LogP contribution in [0.5, 0.6) is 0 Å². The minimum atomic E-state index is -4.58. The normalized spacial score (nSPS) is 11.6. The Morgan fingerprint density at radius 3 is 2.37 bits per heavy atom. The van der Waals surface area contributed by atoms with Crippen LogP contribution in [0.1, 0.15) is 27.9 Å². The smallest absolute Gasteiger partial charge is 0.335 e. The van der Waals surface area contributed by atoms with Gasteiger partial charge < -0.3 is 5.11 Å². The summed E-state index contributed by atoms with van der Waals surface area (Å²) in [6.45, 7) is 0. The second-order valence-corrected chi connectivity index (χ2v) is 12.2. The molecule has 8 nitrogen and oxygen atoms in total. The van der Waals surface area contributed by atoms with Crippen molar-refractivity contribution >= 4 is 38.5 Å². The van der Waals surface area contributed by atoms with Gasteiger partial charge in [0.15, 0.2) is 0 Å². The zero-order valence-corrected chi connectivity index (χ0v) is 24.8. The molecule has 0 aliphatic carbocycles. The molecule has 6 rings (SSSR count). The van der Waals surface area contributed by atoms with Crippen LogP contribution in [0.2, 0.25) is 5.02 Å². The highest BCUT2D eigenvalue weighted by Gasteiger charge is 2.31. The largest absolute Gasteiger partial charge is 0.478 e. The Balaban J connectivity index is 1.72. The summed E-state index contributed by atoms with van der Waals surface area (Å²) in [5.41, 5.74) is 0.859. The summed E-state index contributed by atoms with van der Waals surface area (Å²) < 4.78 is 71.3. The molecule has 0 spiro atoms. The lowest BCUT2D eigenvalue weighted by Gasteiger charge is -2.15. The third kappa shape index (κ3) is 5.25. The van der Waals surface area contributed by atoms with Crippen LogP contribution < -0.4 is 0 Å². The Labute approximate surface area is 264 Å². The van der Waals surface area contributed by atoms with Crippen LogP contribution >= 0.6 is 11.6 Å². The molecule has 13 heteroatoms. The number of fused-ring (bicyclic) bond motifs is 1. The highest BCUT2D eigenvalue weighted by molar-refractivity contribution is 7.90. The van der Waals surface area contributed by atoms with E-state index in [2.05, 4.69) is 10.2 Å². The van der Waals surface area contributed by atoms with Crippen LogP contribution in [-0.2, 0) is 10.0 Å². The molecule has 0 aliphatic heterocycles. The summed E-state index contributed by atoms with van der Waals surface area (Å²) in [7, 11) is -4.58. The van der Waals surface area contributed by atoms with E-state index >= 15 is 0 Å². The fraction of sp³-hybridized carbons (Fsp3) is 0.0303. The van der Waals surface area contributed by atoms with Gasteiger partial charge >= 0.3 is 5.97 Å². The summed E-state index contributed by atoms with van der Waals surface area (Å²) in [6.07, 6.45) is -1.54. The number of carboxylic acid groups (broad SMARTS) is 1. The van der Waals surface area contributed by atoms with Crippen molar-refractivity contribution in [3.8, 4) is 39.7 Å². The Bertz CT molecular complexity index is 2340. The summed E-state index contributed by atoms with van der Waals surface area (Å²) in [5.74, 6) is -1.87. The first-order valence-corrected chi connectivity index (χ1v) is 15.2. The number of nitrogens with zero attached hydrogens (tertiary/aromatic N) is 4. The number of hydrogen-bond acceptors (Lipinski definition) is 6. The third-order valence-electron chi connectivity index (χ3n) is 7.30. The van der Waals surface area contributed by atoms with E-state index in [0.29, 0.717) is 11.1 Å². The summed E-state index contributed by atoms with van der Waals surface area (Å²) >= 11 is 6.46. The minimum absolute atomic E-state index is 0.0179. The van der Waals surface area contributed by atoms with Crippen LogP contribution in [0.4, 0.5) is 13.2 Å². The molecule has 2 heterocycles. The predicted molar refractivity (Wildman–Crippen MR) is 164 cm³/mol. The van der Waals surface area contributed by atoms with Crippen LogP contribution in [-0.4, -0.2) is 33.7 Å². The van der Waals surface area contributed by atoms with Gasteiger partial charge in [0.2, 0.25) is 0 Å². The average Bonchev–Trinajstić information content (AvgIpc) is 3.39. The molecule has 1 N–H and O–H groups in total. The van der Waals surface area contributed by atoms with Gasteiger partial charge in [-0.2, -0.15) is 10.4 Å². The van der Waals surface area contributed by atoms with E-state index < -0.39 is 28.2 Å². The van der Waals surface area contributed by atoms with Gasteiger partial charge in [0.05, 0.1) is 33.4 Å². The molecule has 0 unspecified atom stereocenters. The lowest BCUT2D eigenvalue weighted by Crippen LogP contribution is -2.14. The van der Waals surface area contributed by atoms with Gasteiger partial charge in [-0.3, -0.25) is 0 Å². The molecule has 46 heavy (non-hydrogen) atoms. The van der Waals surface area contributed by atoms with Crippen LogP contribution in [0, 0.1) is 17.1 Å². The second-order valence-electron chi connectivity index (χ2n) is 10.0. The molecular formula is C33H18ClF3N4O4S. The fourth-order valence-electron chi connectivity index (χ4n) is 5.20. The van der Waals surface area contributed by atoms with Crippen molar-refractivity contribution in [2.45, 2.75) is 11.3 Å². The molecule has 0 saturated heterocycles. The van der Waals surface area contributed by atoms with E-state index in [0.717, 1.165) is 40.4 Å². The van der Waals surface area contributed by atoms with Crippen molar-refractivity contribution < 1.29 is 31.5 Å². The number of hydrogen-bond donors (Lipinski definition) is 1. The number of rotatable bonds is 7. The number of aromatic carboxylic acids is 1. The van der Waals surface area contributed by atoms with Gasteiger partial charge in [0.1, 0.15) is 17.6 Å². The van der Waals surface area contributed by atoms with Crippen molar-refractivity contribution in [3.05, 3.63) is 125 Å². The first-order valence-electron chi connectivity index (χ1n) is 13.3. The average molecular weight is 659 g/mol. The Morgan fingerprint density at radius 2 is 1.70 bits per heavy atom. The number of carbonyl (C=O) groups is 1. The molecule has 0 amide bonds. The summed E-state index contributed by atoms with van der Waals surface area (Å²) in [6, 6.07) is 21.6. The highest BCUT2D eigenvalue weighted by Crippen LogP contribution is 2.44. The molecule has 0 atom stereocenters. The van der Waals surface area contributed by atoms with Crippen molar-refractivity contribution in [2.24, 2.45) is 0 Å². The van der Waals surface area contributed by atoms with Crippen molar-refractivity contribution in [3.63, 3.8) is 0 Å². The first-order chi connectivity index (χ1) is 22.0. The Kier molecular flexibility index (Phi) is 7.81. The molecule has 6 aromatic rings. The maximum absolute atomic E-state index is 14.8. The van der Waals surface area contributed by atoms with Gasteiger partial charge in [0.25, 0.3) is 16.4 Å².